The van der Waals surface area contributed by atoms with Crippen LogP contribution in [0.15, 0.2) is 46.4 Å². The summed E-state index contributed by atoms with van der Waals surface area (Å²) in [6.07, 6.45) is 0.874. The quantitative estimate of drug-likeness (QED) is 0.205. The van der Waals surface area contributed by atoms with Crippen molar-refractivity contribution in [2.45, 2.75) is 11.3 Å². The van der Waals surface area contributed by atoms with Crippen molar-refractivity contribution in [1.82, 2.24) is 24.6 Å². The molecule has 0 unspecified atom stereocenters. The van der Waals surface area contributed by atoms with Crippen LogP contribution in [-0.2, 0) is 24.3 Å². The van der Waals surface area contributed by atoms with Crippen LogP contribution in [0.2, 0.25) is 0 Å². The lowest BCUT2D eigenvalue weighted by Gasteiger charge is -2.24. The Morgan fingerprint density at radius 3 is 2.59 bits per heavy atom. The van der Waals surface area contributed by atoms with Gasteiger partial charge in [-0.25, -0.2) is 23.1 Å². The summed E-state index contributed by atoms with van der Waals surface area (Å²) >= 11 is 1.23. The number of anilines is 1. The molecule has 0 bridgehead atoms. The van der Waals surface area contributed by atoms with Crippen molar-refractivity contribution in [2.24, 2.45) is 5.10 Å². The number of methoxy groups -OCH3 is 1. The molecule has 3 heterocycles. The highest BCUT2D eigenvalue weighted by Crippen LogP contribution is 2.26. The van der Waals surface area contributed by atoms with Gasteiger partial charge in [-0.05, 0) is 38.7 Å². The number of aromatic nitrogens is 2. The SMILES string of the molecule is COCCNS(=O)(=O)c1ccc(C(=NN2CCOCC2)C(=O)Nc2nc3ccc(OCCCN(C)C)nc3s2)cc1. The summed E-state index contributed by atoms with van der Waals surface area (Å²) in [5, 5.41) is 9.54. The smallest absolute Gasteiger partial charge is 0.278 e. The van der Waals surface area contributed by atoms with Gasteiger partial charge in [0.25, 0.3) is 5.91 Å². The number of nitrogens with one attached hydrogen (secondary N) is 2. The first kappa shape index (κ1) is 30.7. The number of nitrogens with zero attached hydrogens (tertiary/aromatic N) is 5. The maximum absolute atomic E-state index is 13.5. The monoisotopic (exact) mass is 605 g/mol. The van der Waals surface area contributed by atoms with E-state index in [2.05, 4.69) is 30.0 Å². The number of hydrogen-bond donors (Lipinski definition) is 2. The van der Waals surface area contributed by atoms with E-state index < -0.39 is 15.9 Å². The predicted octanol–water partition coefficient (Wildman–Crippen LogP) is 1.62. The molecule has 0 spiro atoms. The third kappa shape index (κ3) is 8.89. The lowest BCUT2D eigenvalue weighted by molar-refractivity contribution is -0.110. The molecule has 13 nitrogen and oxygen atoms in total. The second-order valence-electron chi connectivity index (χ2n) is 9.38. The molecule has 1 aliphatic rings. The molecular formula is C26H35N7O6S2. The molecular weight excluding hydrogens is 570 g/mol. The van der Waals surface area contributed by atoms with Crippen LogP contribution in [0.25, 0.3) is 10.3 Å². The van der Waals surface area contributed by atoms with Crippen molar-refractivity contribution in [3.05, 3.63) is 42.0 Å². The van der Waals surface area contributed by atoms with Crippen molar-refractivity contribution < 1.29 is 27.4 Å². The zero-order valence-corrected chi connectivity index (χ0v) is 25.0. The zero-order chi connectivity index (χ0) is 29.2. The molecule has 1 fully saturated rings. The number of carbonyl (C=O) groups is 1. The number of amides is 1. The van der Waals surface area contributed by atoms with E-state index in [1.807, 2.05) is 14.1 Å². The number of carbonyl (C=O) groups excluding carboxylic acids is 1. The van der Waals surface area contributed by atoms with Crippen molar-refractivity contribution in [1.29, 1.82) is 0 Å². The van der Waals surface area contributed by atoms with Crippen LogP contribution in [0, 0.1) is 0 Å². The minimum atomic E-state index is -3.73. The molecule has 1 saturated heterocycles. The van der Waals surface area contributed by atoms with Gasteiger partial charge in [-0.15, -0.1) is 0 Å². The number of hydrazone groups is 1. The van der Waals surface area contributed by atoms with E-state index in [0.717, 1.165) is 13.0 Å². The largest absolute Gasteiger partial charge is 0.478 e. The molecule has 0 radical (unpaired) electrons. The van der Waals surface area contributed by atoms with Gasteiger partial charge >= 0.3 is 0 Å². The summed E-state index contributed by atoms with van der Waals surface area (Å²) < 4.78 is 43.7. The Morgan fingerprint density at radius 1 is 1.12 bits per heavy atom. The first-order valence-electron chi connectivity index (χ1n) is 13.1. The van der Waals surface area contributed by atoms with Crippen molar-refractivity contribution in [3.8, 4) is 5.88 Å². The average Bonchev–Trinajstić information content (AvgIpc) is 3.36. The molecule has 15 heteroatoms. The second-order valence-corrected chi connectivity index (χ2v) is 12.1. The molecule has 1 aromatic carbocycles. The lowest BCUT2D eigenvalue weighted by atomic mass is 10.1. The van der Waals surface area contributed by atoms with E-state index in [1.54, 1.807) is 29.3 Å². The highest BCUT2D eigenvalue weighted by molar-refractivity contribution is 7.89. The first-order chi connectivity index (χ1) is 19.7. The van der Waals surface area contributed by atoms with Crippen LogP contribution in [0.5, 0.6) is 5.88 Å². The number of ether oxygens (including phenoxy) is 3. The molecule has 2 aromatic heterocycles. The van der Waals surface area contributed by atoms with Gasteiger partial charge in [0.2, 0.25) is 15.9 Å². The van der Waals surface area contributed by atoms with Gasteiger partial charge in [0.15, 0.2) is 10.8 Å². The highest BCUT2D eigenvalue weighted by Gasteiger charge is 2.21. The molecule has 1 aliphatic heterocycles. The van der Waals surface area contributed by atoms with Crippen molar-refractivity contribution in [3.63, 3.8) is 0 Å². The van der Waals surface area contributed by atoms with Crippen LogP contribution >= 0.6 is 11.3 Å². The normalized spacial score (nSPS) is 14.5. The maximum atomic E-state index is 13.5. The summed E-state index contributed by atoms with van der Waals surface area (Å²) in [4.78, 5) is 25.3. The van der Waals surface area contributed by atoms with Crippen LogP contribution < -0.4 is 14.8 Å². The molecule has 0 saturated carbocycles. The van der Waals surface area contributed by atoms with Crippen LogP contribution in [-0.4, -0.2) is 114 Å². The number of benzene rings is 1. The van der Waals surface area contributed by atoms with E-state index in [1.165, 1.54) is 30.6 Å². The molecule has 2 N–H and O–H groups in total. The molecule has 222 valence electrons. The molecule has 0 atom stereocenters. The Morgan fingerprint density at radius 2 is 1.88 bits per heavy atom. The van der Waals surface area contributed by atoms with E-state index in [9.17, 15) is 13.2 Å². The highest BCUT2D eigenvalue weighted by atomic mass is 32.2. The van der Waals surface area contributed by atoms with E-state index in [-0.39, 0.29) is 23.8 Å². The van der Waals surface area contributed by atoms with Crippen LogP contribution in [0.1, 0.15) is 12.0 Å². The number of pyridine rings is 1. The van der Waals surface area contributed by atoms with Crippen LogP contribution in [0.4, 0.5) is 5.13 Å². The molecule has 4 rings (SSSR count). The number of hydrogen-bond acceptors (Lipinski definition) is 12. The third-order valence-corrected chi connectivity index (χ3v) is 8.29. The second kappa shape index (κ2) is 14.6. The molecule has 0 aliphatic carbocycles. The number of rotatable bonds is 14. The van der Waals surface area contributed by atoms with Gasteiger partial charge in [-0.1, -0.05) is 23.5 Å². The fourth-order valence-corrected chi connectivity index (χ4v) is 5.67. The molecule has 1 amide bonds. The number of sulfonamides is 1. The average molecular weight is 606 g/mol. The Labute approximate surface area is 243 Å². The number of morpholine rings is 1. The van der Waals surface area contributed by atoms with Crippen LogP contribution in [0.3, 0.4) is 0 Å². The number of fused-ring (bicyclic) bond motifs is 1. The van der Waals surface area contributed by atoms with Gasteiger partial charge in [0.05, 0.1) is 44.4 Å². The first-order valence-corrected chi connectivity index (χ1v) is 15.4. The third-order valence-electron chi connectivity index (χ3n) is 5.93. The van der Waals surface area contributed by atoms with Gasteiger partial charge in [0, 0.05) is 31.8 Å². The molecule has 41 heavy (non-hydrogen) atoms. The van der Waals surface area contributed by atoms with Gasteiger partial charge in [0.1, 0.15) is 10.3 Å². The van der Waals surface area contributed by atoms with E-state index in [0.29, 0.717) is 59.8 Å². The minimum absolute atomic E-state index is 0.0699. The Hall–Kier alpha value is -3.21. The van der Waals surface area contributed by atoms with Gasteiger partial charge in [-0.3, -0.25) is 15.1 Å². The Balaban J connectivity index is 1.51. The summed E-state index contributed by atoms with van der Waals surface area (Å²) in [5.41, 5.74) is 1.21. The summed E-state index contributed by atoms with van der Waals surface area (Å²) in [6.45, 7) is 3.89. The van der Waals surface area contributed by atoms with E-state index in [4.69, 9.17) is 14.2 Å². The fraction of sp³-hybridized carbons (Fsp3) is 0.462. The summed E-state index contributed by atoms with van der Waals surface area (Å²) in [6, 6.07) is 9.56. The summed E-state index contributed by atoms with van der Waals surface area (Å²) in [7, 11) is 1.79. The fourth-order valence-electron chi connectivity index (χ4n) is 3.83. The predicted molar refractivity (Wildman–Crippen MR) is 157 cm³/mol. The topological polar surface area (TPSA) is 148 Å². The van der Waals surface area contributed by atoms with Crippen molar-refractivity contribution in [2.75, 3.05) is 79.1 Å². The maximum Gasteiger partial charge on any atom is 0.278 e. The summed E-state index contributed by atoms with van der Waals surface area (Å²) in [5.74, 6) is 0.0173. The van der Waals surface area contributed by atoms with E-state index >= 15 is 0 Å². The Bertz CT molecular complexity index is 1440. The van der Waals surface area contributed by atoms with Gasteiger partial charge < -0.3 is 19.1 Å². The zero-order valence-electron chi connectivity index (χ0n) is 23.3. The minimum Gasteiger partial charge on any atom is -0.478 e. The number of thiazole rings is 1. The standard InChI is InChI=1S/C26H35N7O6S2/c1-32(2)12-4-15-39-22-10-9-21-25(29-22)40-26(28-21)30-24(34)23(31-33-13-17-38-18-14-33)19-5-7-20(8-6-19)41(35,36)27-11-16-37-3/h5-10,27H,4,11-18H2,1-3H3,(H,28,30,34). The van der Waals surface area contributed by atoms with Gasteiger partial charge in [-0.2, -0.15) is 5.10 Å². The lowest BCUT2D eigenvalue weighted by Crippen LogP contribution is -2.35. The molecule has 3 aromatic rings. The Kier molecular flexibility index (Phi) is 11.0. The van der Waals surface area contributed by atoms with Crippen molar-refractivity contribution >= 4 is 48.5 Å².